The van der Waals surface area contributed by atoms with Gasteiger partial charge < -0.3 is 10.1 Å². The van der Waals surface area contributed by atoms with Crippen LogP contribution in [0.25, 0.3) is 0 Å². The van der Waals surface area contributed by atoms with Gasteiger partial charge in [-0.05, 0) is 49.6 Å². The van der Waals surface area contributed by atoms with Crippen molar-refractivity contribution in [2.45, 2.75) is 38.6 Å². The van der Waals surface area contributed by atoms with Gasteiger partial charge in [-0.25, -0.2) is 8.42 Å². The highest BCUT2D eigenvalue weighted by molar-refractivity contribution is 7.92. The highest BCUT2D eigenvalue weighted by Crippen LogP contribution is 2.33. The Bertz CT molecular complexity index is 911. The second-order valence-corrected chi connectivity index (χ2v) is 8.96. The molecule has 6 nitrogen and oxygen atoms in total. The number of carbonyl (C=O) groups is 1. The first kappa shape index (κ1) is 21.8. The van der Waals surface area contributed by atoms with Crippen molar-refractivity contribution < 1.29 is 17.9 Å². The summed E-state index contributed by atoms with van der Waals surface area (Å²) in [6.45, 7) is 7.40. The first-order valence-corrected chi connectivity index (χ1v) is 10.6. The van der Waals surface area contributed by atoms with Gasteiger partial charge in [-0.2, -0.15) is 0 Å². The van der Waals surface area contributed by atoms with E-state index in [1.54, 1.807) is 30.3 Å². The average Bonchev–Trinajstić information content (AvgIpc) is 2.66. The molecule has 2 aromatic carbocycles. The van der Waals surface area contributed by atoms with E-state index in [0.29, 0.717) is 11.4 Å². The van der Waals surface area contributed by atoms with Crippen LogP contribution in [0.3, 0.4) is 0 Å². The van der Waals surface area contributed by atoms with Crippen molar-refractivity contribution in [2.24, 2.45) is 5.92 Å². The molecule has 0 saturated heterocycles. The maximum Gasteiger partial charge on any atom is 0.264 e. The number of nitrogens with zero attached hydrogens (tertiary/aromatic N) is 1. The Hall–Kier alpha value is -2.54. The van der Waals surface area contributed by atoms with Gasteiger partial charge in [0.2, 0.25) is 5.91 Å². The number of methoxy groups -OCH3 is 1. The van der Waals surface area contributed by atoms with Crippen molar-refractivity contribution in [2.75, 3.05) is 18.0 Å². The van der Waals surface area contributed by atoms with Gasteiger partial charge in [0.15, 0.2) is 0 Å². The van der Waals surface area contributed by atoms with Crippen LogP contribution in [0.1, 0.15) is 26.3 Å². The van der Waals surface area contributed by atoms with Gasteiger partial charge in [-0.15, -0.1) is 0 Å². The molecule has 28 heavy (non-hydrogen) atoms. The van der Waals surface area contributed by atoms with Gasteiger partial charge in [0.1, 0.15) is 12.3 Å². The predicted octanol–water partition coefficient (Wildman–Crippen LogP) is 3.36. The van der Waals surface area contributed by atoms with E-state index in [-0.39, 0.29) is 29.3 Å². The van der Waals surface area contributed by atoms with E-state index in [1.807, 2.05) is 33.8 Å². The van der Waals surface area contributed by atoms with E-state index in [1.165, 1.54) is 19.2 Å². The van der Waals surface area contributed by atoms with E-state index in [4.69, 9.17) is 4.74 Å². The number of amides is 1. The number of sulfonamides is 1. The van der Waals surface area contributed by atoms with Crippen LogP contribution in [-0.2, 0) is 14.8 Å². The normalized spacial score (nSPS) is 12.5. The molecule has 0 fully saturated rings. The van der Waals surface area contributed by atoms with Gasteiger partial charge in [-0.1, -0.05) is 38.1 Å². The molecule has 0 spiro atoms. The minimum Gasteiger partial charge on any atom is -0.495 e. The SMILES string of the molecule is COc1ccc(C)cc1N(CC(=O)N[C@H](C)C(C)C)S(=O)(=O)c1ccccc1. The Morgan fingerprint density at radius 2 is 1.75 bits per heavy atom. The summed E-state index contributed by atoms with van der Waals surface area (Å²) in [6.07, 6.45) is 0. The van der Waals surface area contributed by atoms with Gasteiger partial charge in [0.25, 0.3) is 10.0 Å². The summed E-state index contributed by atoms with van der Waals surface area (Å²) in [5.41, 5.74) is 1.19. The minimum atomic E-state index is -3.96. The Kier molecular flexibility index (Phi) is 7.07. The zero-order valence-electron chi connectivity index (χ0n) is 17.0. The average molecular weight is 405 g/mol. The highest BCUT2D eigenvalue weighted by Gasteiger charge is 2.30. The van der Waals surface area contributed by atoms with Gasteiger partial charge in [-0.3, -0.25) is 9.10 Å². The zero-order valence-corrected chi connectivity index (χ0v) is 17.8. The molecule has 0 saturated carbocycles. The molecular formula is C21H28N2O4S. The quantitative estimate of drug-likeness (QED) is 0.732. The maximum absolute atomic E-state index is 13.4. The molecule has 0 aliphatic heterocycles. The second-order valence-electron chi connectivity index (χ2n) is 7.10. The predicted molar refractivity (Wildman–Crippen MR) is 111 cm³/mol. The number of carbonyl (C=O) groups excluding carboxylic acids is 1. The molecule has 1 amide bonds. The van der Waals surface area contributed by atoms with Crippen molar-refractivity contribution in [1.29, 1.82) is 0 Å². The van der Waals surface area contributed by atoms with Gasteiger partial charge in [0, 0.05) is 6.04 Å². The molecule has 0 aliphatic carbocycles. The molecule has 0 heterocycles. The van der Waals surface area contributed by atoms with Gasteiger partial charge >= 0.3 is 0 Å². The second kappa shape index (κ2) is 9.10. The molecule has 7 heteroatoms. The number of nitrogens with one attached hydrogen (secondary N) is 1. The van der Waals surface area contributed by atoms with E-state index < -0.39 is 10.0 Å². The number of anilines is 1. The molecule has 1 atom stereocenters. The molecule has 2 rings (SSSR count). The maximum atomic E-state index is 13.4. The number of hydrogen-bond acceptors (Lipinski definition) is 4. The Morgan fingerprint density at radius 1 is 1.11 bits per heavy atom. The highest BCUT2D eigenvalue weighted by atomic mass is 32.2. The third kappa shape index (κ3) is 5.04. The Morgan fingerprint density at radius 3 is 2.32 bits per heavy atom. The standard InChI is InChI=1S/C21H28N2O4S/c1-15(2)17(4)22-21(24)14-23(19-13-16(3)11-12-20(19)27-5)28(25,26)18-9-7-6-8-10-18/h6-13,15,17H,14H2,1-5H3,(H,22,24)/t17-/m1/s1. The first-order chi connectivity index (χ1) is 13.2. The van der Waals surface area contributed by atoms with Crippen molar-refractivity contribution in [3.05, 3.63) is 54.1 Å². The molecule has 0 bridgehead atoms. The lowest BCUT2D eigenvalue weighted by Gasteiger charge is -2.27. The lowest BCUT2D eigenvalue weighted by Crippen LogP contribution is -2.45. The molecule has 0 radical (unpaired) electrons. The third-order valence-corrected chi connectivity index (χ3v) is 6.38. The van der Waals surface area contributed by atoms with Crippen LogP contribution >= 0.6 is 0 Å². The number of aryl methyl sites for hydroxylation is 1. The molecule has 0 aliphatic rings. The summed E-state index contributed by atoms with van der Waals surface area (Å²) in [4.78, 5) is 12.8. The number of benzene rings is 2. The van der Waals surface area contributed by atoms with Crippen LogP contribution in [0.5, 0.6) is 5.75 Å². The molecular weight excluding hydrogens is 376 g/mol. The summed E-state index contributed by atoms with van der Waals surface area (Å²) in [7, 11) is -2.49. The summed E-state index contributed by atoms with van der Waals surface area (Å²) < 4.78 is 33.2. The first-order valence-electron chi connectivity index (χ1n) is 9.18. The lowest BCUT2D eigenvalue weighted by molar-refractivity contribution is -0.120. The Balaban J connectivity index is 2.51. The molecule has 0 unspecified atom stereocenters. The molecule has 0 aromatic heterocycles. The van der Waals surface area contributed by atoms with Crippen molar-refractivity contribution in [3.63, 3.8) is 0 Å². The summed E-state index contributed by atoms with van der Waals surface area (Å²) in [5.74, 6) is 0.246. The number of ether oxygens (including phenoxy) is 1. The molecule has 152 valence electrons. The van der Waals surface area contributed by atoms with E-state index in [0.717, 1.165) is 9.87 Å². The lowest BCUT2D eigenvalue weighted by atomic mass is 10.1. The van der Waals surface area contributed by atoms with E-state index >= 15 is 0 Å². The number of rotatable bonds is 8. The largest absolute Gasteiger partial charge is 0.495 e. The zero-order chi connectivity index (χ0) is 20.9. The minimum absolute atomic E-state index is 0.0758. The van der Waals surface area contributed by atoms with E-state index in [2.05, 4.69) is 5.32 Å². The summed E-state index contributed by atoms with van der Waals surface area (Å²) in [6, 6.07) is 13.2. The molecule has 1 N–H and O–H groups in total. The third-order valence-electron chi connectivity index (χ3n) is 4.61. The van der Waals surface area contributed by atoms with Crippen LogP contribution < -0.4 is 14.4 Å². The van der Waals surface area contributed by atoms with Crippen LogP contribution in [0.15, 0.2) is 53.4 Å². The van der Waals surface area contributed by atoms with E-state index in [9.17, 15) is 13.2 Å². The van der Waals surface area contributed by atoms with Crippen LogP contribution in [0.2, 0.25) is 0 Å². The van der Waals surface area contributed by atoms with Crippen LogP contribution in [0.4, 0.5) is 5.69 Å². The fourth-order valence-electron chi connectivity index (χ4n) is 2.61. The van der Waals surface area contributed by atoms with Crippen molar-refractivity contribution in [3.8, 4) is 5.75 Å². The monoisotopic (exact) mass is 404 g/mol. The summed E-state index contributed by atoms with van der Waals surface area (Å²) >= 11 is 0. The fraction of sp³-hybridized carbons (Fsp3) is 0.381. The molecule has 2 aromatic rings. The Labute approximate surface area is 167 Å². The smallest absolute Gasteiger partial charge is 0.264 e. The number of hydrogen-bond donors (Lipinski definition) is 1. The van der Waals surface area contributed by atoms with Crippen molar-refractivity contribution in [1.82, 2.24) is 5.32 Å². The van der Waals surface area contributed by atoms with Crippen LogP contribution in [0, 0.1) is 12.8 Å². The topological polar surface area (TPSA) is 75.7 Å². The van der Waals surface area contributed by atoms with Crippen molar-refractivity contribution >= 4 is 21.6 Å². The summed E-state index contributed by atoms with van der Waals surface area (Å²) in [5, 5.41) is 2.87. The fourth-order valence-corrected chi connectivity index (χ4v) is 4.06. The van der Waals surface area contributed by atoms with Crippen LogP contribution in [-0.4, -0.2) is 34.0 Å². The van der Waals surface area contributed by atoms with Gasteiger partial charge in [0.05, 0.1) is 17.7 Å².